The molecule has 0 aromatic heterocycles. The van der Waals surface area contributed by atoms with Crippen LogP contribution in [0, 0.1) is 35.5 Å². The summed E-state index contributed by atoms with van der Waals surface area (Å²) in [5, 5.41) is 8.43. The summed E-state index contributed by atoms with van der Waals surface area (Å²) in [5.41, 5.74) is 0. The van der Waals surface area contributed by atoms with Gasteiger partial charge in [0.25, 0.3) is 0 Å². The number of carboxylic acid groups (broad SMARTS) is 1. The van der Waals surface area contributed by atoms with E-state index in [9.17, 15) is 4.79 Å². The molecule has 0 saturated heterocycles. The van der Waals surface area contributed by atoms with Crippen LogP contribution in [0.25, 0.3) is 0 Å². The molecule has 0 radical (unpaired) electrons. The number of carbonyl (C=O) groups is 1. The summed E-state index contributed by atoms with van der Waals surface area (Å²) < 4.78 is 0. The average Bonchev–Trinajstić information content (AvgIpc) is 2.46. The standard InChI is InChI=1S/C18H17BrO2/c19-17-15-13-11-9-7-5-3-1-2-4-6-8-10-12-14-16-18(20)21/h1-2,7,9,15,17H,3,5,12,14,16H2,(H,20,21). The molecule has 0 amide bonds. The average molecular weight is 345 g/mol. The van der Waals surface area contributed by atoms with Crippen LogP contribution in [-0.2, 0) is 4.79 Å². The Morgan fingerprint density at radius 1 is 1.00 bits per heavy atom. The van der Waals surface area contributed by atoms with Crippen molar-refractivity contribution in [3.8, 4) is 35.5 Å². The van der Waals surface area contributed by atoms with E-state index < -0.39 is 5.97 Å². The van der Waals surface area contributed by atoms with E-state index in [4.69, 9.17) is 5.11 Å². The molecular weight excluding hydrogens is 328 g/mol. The third-order valence-corrected chi connectivity index (χ3v) is 2.31. The smallest absolute Gasteiger partial charge is 0.303 e. The number of hydrogen-bond acceptors (Lipinski definition) is 1. The lowest BCUT2D eigenvalue weighted by molar-refractivity contribution is -0.137. The SMILES string of the molecule is O=C(O)CCCC#CC#CC=CCCC=CC#CC=CBr. The van der Waals surface area contributed by atoms with E-state index in [1.54, 1.807) is 17.1 Å². The van der Waals surface area contributed by atoms with Crippen LogP contribution < -0.4 is 0 Å². The first-order valence-electron chi connectivity index (χ1n) is 6.54. The van der Waals surface area contributed by atoms with Gasteiger partial charge in [0, 0.05) is 12.8 Å². The van der Waals surface area contributed by atoms with Gasteiger partial charge < -0.3 is 5.11 Å². The molecule has 0 atom stereocenters. The Balaban J connectivity index is 3.70. The van der Waals surface area contributed by atoms with E-state index in [1.807, 2.05) is 18.2 Å². The van der Waals surface area contributed by atoms with Crippen LogP contribution in [0.4, 0.5) is 0 Å². The summed E-state index contributed by atoms with van der Waals surface area (Å²) in [6.45, 7) is 0. The Hall–Kier alpha value is -2.15. The van der Waals surface area contributed by atoms with Crippen molar-refractivity contribution in [2.45, 2.75) is 32.1 Å². The van der Waals surface area contributed by atoms with Crippen LogP contribution >= 0.6 is 15.9 Å². The van der Waals surface area contributed by atoms with Crippen LogP contribution in [0.5, 0.6) is 0 Å². The zero-order valence-corrected chi connectivity index (χ0v) is 13.3. The molecule has 0 aromatic rings. The molecule has 21 heavy (non-hydrogen) atoms. The summed E-state index contributed by atoms with van der Waals surface area (Å²) in [5.74, 6) is 15.9. The van der Waals surface area contributed by atoms with E-state index in [2.05, 4.69) is 51.5 Å². The molecule has 0 unspecified atom stereocenters. The highest BCUT2D eigenvalue weighted by atomic mass is 79.9. The number of halogens is 1. The lowest BCUT2D eigenvalue weighted by Crippen LogP contribution is -1.92. The zero-order chi connectivity index (χ0) is 15.6. The molecule has 0 rings (SSSR count). The molecule has 0 aliphatic carbocycles. The maximum atomic E-state index is 10.2. The van der Waals surface area contributed by atoms with Crippen molar-refractivity contribution in [3.63, 3.8) is 0 Å². The van der Waals surface area contributed by atoms with Crippen LogP contribution in [0.2, 0.25) is 0 Å². The molecule has 0 aliphatic rings. The Morgan fingerprint density at radius 2 is 1.67 bits per heavy atom. The van der Waals surface area contributed by atoms with Gasteiger partial charge in [0.15, 0.2) is 0 Å². The van der Waals surface area contributed by atoms with E-state index in [0.717, 1.165) is 12.8 Å². The number of hydrogen-bond donors (Lipinski definition) is 1. The summed E-state index contributed by atoms with van der Waals surface area (Å²) in [4.78, 5) is 12.0. The van der Waals surface area contributed by atoms with Crippen molar-refractivity contribution in [1.82, 2.24) is 0 Å². The molecule has 0 bridgehead atoms. The number of unbranched alkanes of at least 4 members (excludes halogenated alkanes) is 2. The fraction of sp³-hybridized carbons (Fsp3) is 0.278. The highest BCUT2D eigenvalue weighted by molar-refractivity contribution is 9.11. The lowest BCUT2D eigenvalue weighted by atomic mass is 10.2. The molecule has 0 spiro atoms. The van der Waals surface area contributed by atoms with E-state index in [0.29, 0.717) is 12.8 Å². The van der Waals surface area contributed by atoms with Gasteiger partial charge in [-0.2, -0.15) is 0 Å². The Labute approximate surface area is 135 Å². The molecule has 2 nitrogen and oxygen atoms in total. The fourth-order valence-corrected chi connectivity index (χ4v) is 1.25. The van der Waals surface area contributed by atoms with Gasteiger partial charge in [-0.15, -0.1) is 0 Å². The first-order valence-corrected chi connectivity index (χ1v) is 7.45. The van der Waals surface area contributed by atoms with Gasteiger partial charge in [0.2, 0.25) is 0 Å². The van der Waals surface area contributed by atoms with Gasteiger partial charge >= 0.3 is 5.97 Å². The summed E-state index contributed by atoms with van der Waals surface area (Å²) in [6.07, 6.45) is 12.5. The molecule has 0 saturated carbocycles. The molecule has 0 aliphatic heterocycles. The maximum Gasteiger partial charge on any atom is 0.303 e. The Kier molecular flexibility index (Phi) is 14.3. The van der Waals surface area contributed by atoms with Crippen LogP contribution in [0.15, 0.2) is 35.4 Å². The highest BCUT2D eigenvalue weighted by Gasteiger charge is 1.92. The Bertz CT molecular complexity index is 564. The summed E-state index contributed by atoms with van der Waals surface area (Å²) in [6, 6.07) is 0. The monoisotopic (exact) mass is 344 g/mol. The van der Waals surface area contributed by atoms with Crippen LogP contribution in [-0.4, -0.2) is 11.1 Å². The molecule has 0 heterocycles. The molecule has 108 valence electrons. The number of aliphatic carboxylic acids is 1. The minimum Gasteiger partial charge on any atom is -0.481 e. The second-order valence-electron chi connectivity index (χ2n) is 3.78. The van der Waals surface area contributed by atoms with Gasteiger partial charge in [0.05, 0.1) is 0 Å². The van der Waals surface area contributed by atoms with Crippen molar-refractivity contribution >= 4 is 21.9 Å². The van der Waals surface area contributed by atoms with Crippen molar-refractivity contribution in [2.24, 2.45) is 0 Å². The summed E-state index contributed by atoms with van der Waals surface area (Å²) in [7, 11) is 0. The maximum absolute atomic E-state index is 10.2. The molecular formula is C18H17BrO2. The van der Waals surface area contributed by atoms with Gasteiger partial charge in [-0.05, 0) is 54.3 Å². The minimum atomic E-state index is -0.787. The molecule has 1 N–H and O–H groups in total. The predicted octanol–water partition coefficient (Wildman–Crippen LogP) is 4.05. The fourth-order valence-electron chi connectivity index (χ4n) is 1.12. The van der Waals surface area contributed by atoms with E-state index in [-0.39, 0.29) is 6.42 Å². The highest BCUT2D eigenvalue weighted by Crippen LogP contribution is 1.93. The van der Waals surface area contributed by atoms with Crippen molar-refractivity contribution in [3.05, 3.63) is 35.4 Å². The summed E-state index contributed by atoms with van der Waals surface area (Å²) >= 11 is 3.13. The van der Waals surface area contributed by atoms with Crippen molar-refractivity contribution in [1.29, 1.82) is 0 Å². The van der Waals surface area contributed by atoms with E-state index in [1.165, 1.54) is 0 Å². The first-order chi connectivity index (χ1) is 10.3. The van der Waals surface area contributed by atoms with Gasteiger partial charge in [0.1, 0.15) is 0 Å². The topological polar surface area (TPSA) is 37.3 Å². The molecule has 3 heteroatoms. The lowest BCUT2D eigenvalue weighted by Gasteiger charge is -1.86. The van der Waals surface area contributed by atoms with Gasteiger partial charge in [-0.3, -0.25) is 4.79 Å². The minimum absolute atomic E-state index is 0.159. The van der Waals surface area contributed by atoms with Crippen molar-refractivity contribution < 1.29 is 9.90 Å². The quantitative estimate of drug-likeness (QED) is 0.582. The third kappa shape index (κ3) is 17.9. The van der Waals surface area contributed by atoms with Gasteiger partial charge in [-0.1, -0.05) is 51.8 Å². The first kappa shape index (κ1) is 18.9. The predicted molar refractivity (Wildman–Crippen MR) is 90.4 cm³/mol. The second-order valence-corrected chi connectivity index (χ2v) is 4.31. The van der Waals surface area contributed by atoms with Crippen LogP contribution in [0.3, 0.4) is 0 Å². The van der Waals surface area contributed by atoms with Crippen molar-refractivity contribution in [2.75, 3.05) is 0 Å². The number of rotatable bonds is 6. The zero-order valence-electron chi connectivity index (χ0n) is 11.7. The van der Waals surface area contributed by atoms with Crippen LogP contribution in [0.1, 0.15) is 32.1 Å². The Morgan fingerprint density at radius 3 is 2.33 bits per heavy atom. The number of allylic oxidation sites excluding steroid dienone is 5. The molecule has 0 aromatic carbocycles. The third-order valence-electron chi connectivity index (χ3n) is 2.05. The second kappa shape index (κ2) is 15.9. The number of carboxylic acids is 1. The largest absolute Gasteiger partial charge is 0.481 e. The van der Waals surface area contributed by atoms with E-state index >= 15 is 0 Å². The van der Waals surface area contributed by atoms with Gasteiger partial charge in [-0.25, -0.2) is 0 Å². The molecule has 0 fully saturated rings. The normalized spacial score (nSPS) is 9.76.